The summed E-state index contributed by atoms with van der Waals surface area (Å²) in [5.41, 5.74) is 7.06. The average Bonchev–Trinajstić information content (AvgIpc) is 2.47. The normalized spacial score (nSPS) is 20.6. The topological polar surface area (TPSA) is 95.0 Å². The van der Waals surface area contributed by atoms with Gasteiger partial charge in [0, 0.05) is 31.6 Å². The van der Waals surface area contributed by atoms with Crippen molar-refractivity contribution < 1.29 is 10.3 Å². The molecule has 0 aromatic carbocycles. The van der Waals surface area contributed by atoms with Gasteiger partial charge in [0.05, 0.1) is 0 Å². The van der Waals surface area contributed by atoms with Crippen LogP contribution in [0.25, 0.3) is 0 Å². The summed E-state index contributed by atoms with van der Waals surface area (Å²) in [6.07, 6.45) is 4.79. The predicted molar refractivity (Wildman–Crippen MR) is 73.4 cm³/mol. The highest BCUT2D eigenvalue weighted by Gasteiger charge is 2.20. The SMILES string of the molecule is N/C(=N/O)c1cc(N2CCCC(CCO)C2)ccn1. The van der Waals surface area contributed by atoms with Crippen LogP contribution >= 0.6 is 0 Å². The molecular formula is C13H20N4O2. The molecule has 6 heteroatoms. The van der Waals surface area contributed by atoms with Gasteiger partial charge < -0.3 is 20.9 Å². The first kappa shape index (κ1) is 13.6. The van der Waals surface area contributed by atoms with Crippen LogP contribution in [0.3, 0.4) is 0 Å². The van der Waals surface area contributed by atoms with E-state index >= 15 is 0 Å². The fraction of sp³-hybridized carbons (Fsp3) is 0.538. The van der Waals surface area contributed by atoms with Gasteiger partial charge in [-0.05, 0) is 37.3 Å². The number of piperidine rings is 1. The van der Waals surface area contributed by atoms with Crippen molar-refractivity contribution in [3.05, 3.63) is 24.0 Å². The van der Waals surface area contributed by atoms with E-state index in [1.54, 1.807) is 6.20 Å². The summed E-state index contributed by atoms with van der Waals surface area (Å²) in [4.78, 5) is 6.34. The zero-order chi connectivity index (χ0) is 13.7. The molecule has 1 unspecified atom stereocenters. The molecular weight excluding hydrogens is 244 g/mol. The van der Waals surface area contributed by atoms with Gasteiger partial charge in [0.15, 0.2) is 5.84 Å². The quantitative estimate of drug-likeness (QED) is 0.323. The third kappa shape index (κ3) is 3.35. The molecule has 0 bridgehead atoms. The first-order chi connectivity index (χ1) is 9.24. The highest BCUT2D eigenvalue weighted by molar-refractivity contribution is 5.95. The fourth-order valence-electron chi connectivity index (χ4n) is 2.53. The van der Waals surface area contributed by atoms with Crippen molar-refractivity contribution in [3.8, 4) is 0 Å². The molecule has 0 saturated carbocycles. The van der Waals surface area contributed by atoms with Gasteiger partial charge in [-0.25, -0.2) is 0 Å². The second-order valence-electron chi connectivity index (χ2n) is 4.85. The van der Waals surface area contributed by atoms with Gasteiger partial charge in [0.1, 0.15) is 5.69 Å². The average molecular weight is 264 g/mol. The van der Waals surface area contributed by atoms with Crippen LogP contribution in [0.1, 0.15) is 25.0 Å². The molecule has 0 radical (unpaired) electrons. The monoisotopic (exact) mass is 264 g/mol. The van der Waals surface area contributed by atoms with Crippen molar-refractivity contribution in [2.24, 2.45) is 16.8 Å². The number of hydrogen-bond acceptors (Lipinski definition) is 5. The molecule has 1 fully saturated rings. The van der Waals surface area contributed by atoms with Crippen LogP contribution in [0.5, 0.6) is 0 Å². The Bertz CT molecular complexity index is 448. The smallest absolute Gasteiger partial charge is 0.188 e. The Morgan fingerprint density at radius 1 is 1.58 bits per heavy atom. The lowest BCUT2D eigenvalue weighted by molar-refractivity contribution is 0.244. The first-order valence-corrected chi connectivity index (χ1v) is 6.54. The lowest BCUT2D eigenvalue weighted by atomic mass is 9.95. The Morgan fingerprint density at radius 3 is 3.16 bits per heavy atom. The van der Waals surface area contributed by atoms with Crippen molar-refractivity contribution in [1.29, 1.82) is 0 Å². The lowest BCUT2D eigenvalue weighted by Crippen LogP contribution is -2.36. The number of aliphatic hydroxyl groups excluding tert-OH is 1. The molecule has 2 heterocycles. The lowest BCUT2D eigenvalue weighted by Gasteiger charge is -2.34. The predicted octanol–water partition coefficient (Wildman–Crippen LogP) is 0.775. The van der Waals surface area contributed by atoms with Crippen LogP contribution < -0.4 is 10.6 Å². The van der Waals surface area contributed by atoms with Crippen molar-refractivity contribution in [2.45, 2.75) is 19.3 Å². The standard InChI is InChI=1S/C13H20N4O2/c14-13(16-19)12-8-11(3-5-15-12)17-6-1-2-10(9-17)4-7-18/h3,5,8,10,18-19H,1-2,4,6-7,9H2,(H2,14,16). The molecule has 0 aliphatic carbocycles. The molecule has 19 heavy (non-hydrogen) atoms. The van der Waals surface area contributed by atoms with Crippen LogP contribution in [0.2, 0.25) is 0 Å². The van der Waals surface area contributed by atoms with E-state index in [1.807, 2.05) is 12.1 Å². The summed E-state index contributed by atoms with van der Waals surface area (Å²) in [5, 5.41) is 20.7. The number of nitrogens with zero attached hydrogens (tertiary/aromatic N) is 3. The van der Waals surface area contributed by atoms with E-state index in [9.17, 15) is 0 Å². The number of oxime groups is 1. The molecule has 1 aromatic heterocycles. The summed E-state index contributed by atoms with van der Waals surface area (Å²) in [5.74, 6) is 0.546. The van der Waals surface area contributed by atoms with Gasteiger partial charge in [-0.15, -0.1) is 0 Å². The van der Waals surface area contributed by atoms with Crippen molar-refractivity contribution in [2.75, 3.05) is 24.6 Å². The molecule has 1 atom stereocenters. The second kappa shape index (κ2) is 6.38. The minimum atomic E-state index is 0.0192. The van der Waals surface area contributed by atoms with Gasteiger partial charge in [-0.3, -0.25) is 4.98 Å². The number of nitrogens with two attached hydrogens (primary N) is 1. The number of anilines is 1. The van der Waals surface area contributed by atoms with Crippen molar-refractivity contribution in [1.82, 2.24) is 4.98 Å². The van der Waals surface area contributed by atoms with Gasteiger partial charge in [0.2, 0.25) is 0 Å². The molecule has 1 aliphatic heterocycles. The Morgan fingerprint density at radius 2 is 2.42 bits per heavy atom. The Labute approximate surface area is 112 Å². The minimum Gasteiger partial charge on any atom is -0.409 e. The summed E-state index contributed by atoms with van der Waals surface area (Å²) < 4.78 is 0. The zero-order valence-corrected chi connectivity index (χ0v) is 10.9. The highest BCUT2D eigenvalue weighted by Crippen LogP contribution is 2.24. The number of pyridine rings is 1. The van der Waals surface area contributed by atoms with Crippen LogP contribution in [0, 0.1) is 5.92 Å². The molecule has 1 aromatic rings. The van der Waals surface area contributed by atoms with Gasteiger partial charge >= 0.3 is 0 Å². The fourth-order valence-corrected chi connectivity index (χ4v) is 2.53. The van der Waals surface area contributed by atoms with E-state index in [2.05, 4.69) is 15.0 Å². The summed E-state index contributed by atoms with van der Waals surface area (Å²) >= 11 is 0. The van der Waals surface area contributed by atoms with Gasteiger partial charge in [0.25, 0.3) is 0 Å². The van der Waals surface area contributed by atoms with E-state index in [0.29, 0.717) is 11.6 Å². The van der Waals surface area contributed by atoms with Crippen molar-refractivity contribution in [3.63, 3.8) is 0 Å². The number of amidine groups is 1. The van der Waals surface area contributed by atoms with Crippen LogP contribution in [0.4, 0.5) is 5.69 Å². The number of rotatable bonds is 4. The largest absolute Gasteiger partial charge is 0.409 e. The highest BCUT2D eigenvalue weighted by atomic mass is 16.4. The van der Waals surface area contributed by atoms with E-state index < -0.39 is 0 Å². The third-order valence-corrected chi connectivity index (χ3v) is 3.54. The van der Waals surface area contributed by atoms with E-state index in [1.165, 1.54) is 0 Å². The molecule has 104 valence electrons. The zero-order valence-electron chi connectivity index (χ0n) is 10.9. The molecule has 1 saturated heterocycles. The van der Waals surface area contributed by atoms with Crippen LogP contribution in [-0.4, -0.2) is 40.8 Å². The first-order valence-electron chi connectivity index (χ1n) is 6.54. The second-order valence-corrected chi connectivity index (χ2v) is 4.85. The molecule has 0 amide bonds. The summed E-state index contributed by atoms with van der Waals surface area (Å²) in [6, 6.07) is 3.76. The Kier molecular flexibility index (Phi) is 4.57. The van der Waals surface area contributed by atoms with Crippen molar-refractivity contribution >= 4 is 11.5 Å². The van der Waals surface area contributed by atoms with E-state index in [-0.39, 0.29) is 12.4 Å². The molecule has 0 spiro atoms. The Balaban J connectivity index is 2.12. The molecule has 1 aliphatic rings. The number of hydrogen-bond donors (Lipinski definition) is 3. The summed E-state index contributed by atoms with van der Waals surface area (Å²) in [7, 11) is 0. The van der Waals surface area contributed by atoms with E-state index in [4.69, 9.17) is 16.0 Å². The summed E-state index contributed by atoms with van der Waals surface area (Å²) in [6.45, 7) is 2.16. The number of aliphatic hydroxyl groups is 1. The molecule has 4 N–H and O–H groups in total. The Hall–Kier alpha value is -1.82. The van der Waals surface area contributed by atoms with Gasteiger partial charge in [-0.1, -0.05) is 5.16 Å². The number of aromatic nitrogens is 1. The third-order valence-electron chi connectivity index (χ3n) is 3.54. The minimum absolute atomic E-state index is 0.0192. The maximum atomic E-state index is 9.04. The van der Waals surface area contributed by atoms with Crippen LogP contribution in [-0.2, 0) is 0 Å². The van der Waals surface area contributed by atoms with Crippen LogP contribution in [0.15, 0.2) is 23.5 Å². The maximum Gasteiger partial charge on any atom is 0.188 e. The van der Waals surface area contributed by atoms with E-state index in [0.717, 1.165) is 38.0 Å². The van der Waals surface area contributed by atoms with Gasteiger partial charge in [-0.2, -0.15) is 0 Å². The molecule has 6 nitrogen and oxygen atoms in total. The maximum absolute atomic E-state index is 9.04. The molecule has 2 rings (SSSR count).